The Morgan fingerprint density at radius 1 is 1.60 bits per heavy atom. The normalized spacial score (nSPS) is 12.2. The van der Waals surface area contributed by atoms with E-state index in [1.54, 1.807) is 6.92 Å². The number of ketones is 1. The summed E-state index contributed by atoms with van der Waals surface area (Å²) in [5.74, 6) is -1.36. The predicted octanol–water partition coefficient (Wildman–Crippen LogP) is 1.37. The standard InChI is InChI=1S/C10H13NO3S/c1-6-5-15-9(11-6)4-8(12)7(2)10(13)14-3/h5,7H,4H2,1-3H3. The third kappa shape index (κ3) is 3.13. The van der Waals surface area contributed by atoms with E-state index in [4.69, 9.17) is 0 Å². The smallest absolute Gasteiger partial charge is 0.315 e. The molecule has 0 bridgehead atoms. The number of rotatable bonds is 4. The van der Waals surface area contributed by atoms with Crippen LogP contribution in [0.4, 0.5) is 0 Å². The van der Waals surface area contributed by atoms with E-state index >= 15 is 0 Å². The zero-order valence-electron chi connectivity index (χ0n) is 8.94. The molecule has 0 spiro atoms. The van der Waals surface area contributed by atoms with Gasteiger partial charge in [0.2, 0.25) is 0 Å². The number of Topliss-reactive ketones (excluding diaryl/α,β-unsaturated/α-hetero) is 1. The van der Waals surface area contributed by atoms with Crippen LogP contribution in [0, 0.1) is 12.8 Å². The number of hydrogen-bond acceptors (Lipinski definition) is 5. The zero-order chi connectivity index (χ0) is 11.4. The molecule has 0 radical (unpaired) electrons. The second kappa shape index (κ2) is 5.02. The monoisotopic (exact) mass is 227 g/mol. The second-order valence-electron chi connectivity index (χ2n) is 3.27. The van der Waals surface area contributed by atoms with Crippen LogP contribution >= 0.6 is 11.3 Å². The molecule has 4 nitrogen and oxygen atoms in total. The van der Waals surface area contributed by atoms with Crippen LogP contribution < -0.4 is 0 Å². The lowest BCUT2D eigenvalue weighted by Crippen LogP contribution is -2.23. The van der Waals surface area contributed by atoms with Crippen molar-refractivity contribution in [3.8, 4) is 0 Å². The Bertz CT molecular complexity index is 372. The molecular weight excluding hydrogens is 214 g/mol. The predicted molar refractivity (Wildman–Crippen MR) is 56.7 cm³/mol. The molecule has 1 aromatic rings. The van der Waals surface area contributed by atoms with E-state index in [2.05, 4.69) is 9.72 Å². The van der Waals surface area contributed by atoms with Crippen molar-refractivity contribution in [3.05, 3.63) is 16.1 Å². The average molecular weight is 227 g/mol. The van der Waals surface area contributed by atoms with E-state index in [1.165, 1.54) is 18.4 Å². The molecule has 1 unspecified atom stereocenters. The van der Waals surface area contributed by atoms with Gasteiger partial charge in [-0.1, -0.05) is 0 Å². The largest absolute Gasteiger partial charge is 0.468 e. The van der Waals surface area contributed by atoms with E-state index in [1.807, 2.05) is 12.3 Å². The number of aromatic nitrogens is 1. The van der Waals surface area contributed by atoms with Crippen LogP contribution in [0.2, 0.25) is 0 Å². The molecule has 0 aliphatic carbocycles. The molecule has 0 N–H and O–H groups in total. The number of aryl methyl sites for hydroxylation is 1. The van der Waals surface area contributed by atoms with Crippen LogP contribution in [0.15, 0.2) is 5.38 Å². The number of nitrogens with zero attached hydrogens (tertiary/aromatic N) is 1. The maximum atomic E-state index is 11.6. The maximum absolute atomic E-state index is 11.6. The SMILES string of the molecule is COC(=O)C(C)C(=O)Cc1nc(C)cs1. The van der Waals surface area contributed by atoms with Gasteiger partial charge in [-0.05, 0) is 13.8 Å². The van der Waals surface area contributed by atoms with Gasteiger partial charge < -0.3 is 4.74 Å². The Kier molecular flexibility index (Phi) is 3.96. The lowest BCUT2D eigenvalue weighted by atomic mass is 10.0. The minimum atomic E-state index is -0.709. The van der Waals surface area contributed by atoms with Gasteiger partial charge in [-0.25, -0.2) is 4.98 Å². The quantitative estimate of drug-likeness (QED) is 0.576. The lowest BCUT2D eigenvalue weighted by molar-refractivity contribution is -0.148. The van der Waals surface area contributed by atoms with Crippen LogP contribution in [-0.4, -0.2) is 23.8 Å². The van der Waals surface area contributed by atoms with Crippen molar-refractivity contribution in [3.63, 3.8) is 0 Å². The summed E-state index contributed by atoms with van der Waals surface area (Å²) in [5.41, 5.74) is 0.897. The Morgan fingerprint density at radius 2 is 2.27 bits per heavy atom. The highest BCUT2D eigenvalue weighted by Gasteiger charge is 2.22. The molecule has 0 saturated heterocycles. The summed E-state index contributed by atoms with van der Waals surface area (Å²) < 4.78 is 4.50. The first-order chi connectivity index (χ1) is 7.04. The van der Waals surface area contributed by atoms with Gasteiger partial charge in [0.05, 0.1) is 13.5 Å². The highest BCUT2D eigenvalue weighted by Crippen LogP contribution is 2.12. The van der Waals surface area contributed by atoms with E-state index in [-0.39, 0.29) is 12.2 Å². The Hall–Kier alpha value is -1.23. The number of methoxy groups -OCH3 is 1. The summed E-state index contributed by atoms with van der Waals surface area (Å²) >= 11 is 1.43. The van der Waals surface area contributed by atoms with Crippen molar-refractivity contribution in [2.75, 3.05) is 7.11 Å². The van der Waals surface area contributed by atoms with Crippen molar-refractivity contribution < 1.29 is 14.3 Å². The van der Waals surface area contributed by atoms with Crippen LogP contribution in [0.25, 0.3) is 0 Å². The van der Waals surface area contributed by atoms with Gasteiger partial charge in [0.25, 0.3) is 0 Å². The van der Waals surface area contributed by atoms with Gasteiger partial charge in [0, 0.05) is 11.1 Å². The zero-order valence-corrected chi connectivity index (χ0v) is 9.76. The highest BCUT2D eigenvalue weighted by molar-refractivity contribution is 7.09. The van der Waals surface area contributed by atoms with Crippen molar-refractivity contribution in [1.82, 2.24) is 4.98 Å². The number of hydrogen-bond donors (Lipinski definition) is 0. The minimum absolute atomic E-state index is 0.156. The van der Waals surface area contributed by atoms with Crippen LogP contribution in [-0.2, 0) is 20.7 Å². The van der Waals surface area contributed by atoms with Crippen LogP contribution in [0.3, 0.4) is 0 Å². The molecule has 0 amide bonds. The number of esters is 1. The van der Waals surface area contributed by atoms with Gasteiger partial charge in [-0.2, -0.15) is 0 Å². The van der Waals surface area contributed by atoms with Crippen molar-refractivity contribution >= 4 is 23.1 Å². The third-order valence-electron chi connectivity index (χ3n) is 2.03. The molecule has 0 aromatic carbocycles. The number of ether oxygens (including phenoxy) is 1. The molecule has 0 aliphatic rings. The fourth-order valence-electron chi connectivity index (χ4n) is 1.09. The molecule has 82 valence electrons. The maximum Gasteiger partial charge on any atom is 0.315 e. The number of thiazole rings is 1. The molecule has 0 fully saturated rings. The fourth-order valence-corrected chi connectivity index (χ4v) is 1.88. The van der Waals surface area contributed by atoms with E-state index in [0.29, 0.717) is 0 Å². The van der Waals surface area contributed by atoms with Crippen LogP contribution in [0.5, 0.6) is 0 Å². The van der Waals surface area contributed by atoms with Crippen molar-refractivity contribution in [2.24, 2.45) is 5.92 Å². The van der Waals surface area contributed by atoms with E-state index < -0.39 is 11.9 Å². The summed E-state index contributed by atoms with van der Waals surface area (Å²) in [6.45, 7) is 3.42. The minimum Gasteiger partial charge on any atom is -0.468 e. The summed E-state index contributed by atoms with van der Waals surface area (Å²) in [5, 5.41) is 2.62. The summed E-state index contributed by atoms with van der Waals surface area (Å²) in [6.07, 6.45) is 0.203. The fraction of sp³-hybridized carbons (Fsp3) is 0.500. The highest BCUT2D eigenvalue weighted by atomic mass is 32.1. The van der Waals surface area contributed by atoms with E-state index in [0.717, 1.165) is 10.7 Å². The first-order valence-corrected chi connectivity index (χ1v) is 5.44. The first-order valence-electron chi connectivity index (χ1n) is 4.56. The Morgan fingerprint density at radius 3 is 2.73 bits per heavy atom. The summed E-state index contributed by atoms with van der Waals surface area (Å²) in [6, 6.07) is 0. The molecule has 1 atom stereocenters. The summed E-state index contributed by atoms with van der Waals surface area (Å²) in [7, 11) is 1.28. The van der Waals surface area contributed by atoms with Gasteiger partial charge in [-0.15, -0.1) is 11.3 Å². The molecule has 5 heteroatoms. The molecule has 1 rings (SSSR count). The van der Waals surface area contributed by atoms with Gasteiger partial charge >= 0.3 is 5.97 Å². The average Bonchev–Trinajstić information content (AvgIpc) is 2.61. The van der Waals surface area contributed by atoms with Gasteiger partial charge in [-0.3, -0.25) is 9.59 Å². The number of carbonyl (C=O) groups is 2. The second-order valence-corrected chi connectivity index (χ2v) is 4.21. The molecule has 1 heterocycles. The summed E-state index contributed by atoms with van der Waals surface area (Å²) in [4.78, 5) is 26.8. The topological polar surface area (TPSA) is 56.3 Å². The van der Waals surface area contributed by atoms with Crippen molar-refractivity contribution in [2.45, 2.75) is 20.3 Å². The molecular formula is C10H13NO3S. The number of carbonyl (C=O) groups excluding carboxylic acids is 2. The lowest BCUT2D eigenvalue weighted by Gasteiger charge is -2.06. The van der Waals surface area contributed by atoms with E-state index in [9.17, 15) is 9.59 Å². The Balaban J connectivity index is 2.59. The van der Waals surface area contributed by atoms with Gasteiger partial charge in [0.15, 0.2) is 5.78 Å². The molecule has 1 aromatic heterocycles. The van der Waals surface area contributed by atoms with Crippen molar-refractivity contribution in [1.29, 1.82) is 0 Å². The molecule has 0 aliphatic heterocycles. The molecule has 0 saturated carbocycles. The van der Waals surface area contributed by atoms with Crippen LogP contribution in [0.1, 0.15) is 17.6 Å². The van der Waals surface area contributed by atoms with Gasteiger partial charge in [0.1, 0.15) is 10.9 Å². The Labute approximate surface area is 92.3 Å². The molecule has 15 heavy (non-hydrogen) atoms. The first kappa shape index (κ1) is 11.8. The third-order valence-corrected chi connectivity index (χ3v) is 3.00.